The molecule has 0 fully saturated rings. The minimum absolute atomic E-state index is 0. The molecule has 1 N–H and O–H groups in total. The summed E-state index contributed by atoms with van der Waals surface area (Å²) in [5.41, 5.74) is 0.591. The molecule has 0 aliphatic rings. The topological polar surface area (TPSA) is 51.2 Å². The number of rotatable bonds is 2. The van der Waals surface area contributed by atoms with Crippen molar-refractivity contribution >= 4 is 11.8 Å². The van der Waals surface area contributed by atoms with Gasteiger partial charge in [0.2, 0.25) is 0 Å². The van der Waals surface area contributed by atoms with Gasteiger partial charge in [0.25, 0.3) is 0 Å². The number of amides is 1. The van der Waals surface area contributed by atoms with E-state index in [0.717, 1.165) is 0 Å². The van der Waals surface area contributed by atoms with Crippen molar-refractivity contribution in [3.63, 3.8) is 0 Å². The van der Waals surface area contributed by atoms with Crippen molar-refractivity contribution in [2.24, 2.45) is 0 Å². The van der Waals surface area contributed by atoms with Gasteiger partial charge in [-0.25, -0.2) is 4.79 Å². The average Bonchev–Trinajstić information content (AvgIpc) is 2.04. The number of nitrogens with one attached hydrogen (secondary N) is 1. The lowest BCUT2D eigenvalue weighted by atomic mass is 10.4. The number of ether oxygens (including phenoxy) is 1. The van der Waals surface area contributed by atoms with Crippen molar-refractivity contribution in [1.82, 2.24) is 4.98 Å². The summed E-state index contributed by atoms with van der Waals surface area (Å²) in [7, 11) is 0. The highest BCUT2D eigenvalue weighted by Gasteiger charge is 2.01. The van der Waals surface area contributed by atoms with E-state index in [2.05, 4.69) is 21.6 Å². The second-order valence-electron chi connectivity index (χ2n) is 2.46. The van der Waals surface area contributed by atoms with Crippen molar-refractivity contribution in [3.8, 4) is 0 Å². The van der Waals surface area contributed by atoms with Gasteiger partial charge < -0.3 is 4.74 Å². The summed E-state index contributed by atoms with van der Waals surface area (Å²) >= 11 is 0. The summed E-state index contributed by atoms with van der Waals surface area (Å²) in [5, 5.41) is 2.49. The van der Waals surface area contributed by atoms with Gasteiger partial charge in [0, 0.05) is 7.62 Å². The Hall–Kier alpha value is -1.84. The Kier molecular flexibility index (Phi) is 3.03. The third-order valence-corrected chi connectivity index (χ3v) is 1.17. The number of anilines is 1. The van der Waals surface area contributed by atoms with Crippen LogP contribution in [-0.4, -0.2) is 11.1 Å². The van der Waals surface area contributed by atoms with Crippen LogP contribution in [0.4, 0.5) is 10.5 Å². The molecule has 0 aliphatic heterocycles. The molecule has 70 valence electrons. The monoisotopic (exact) mass is 180 g/mol. The number of hydrogen-bond donors (Lipinski definition) is 1. The maximum atomic E-state index is 11.0. The number of carbonyl (C=O) groups excluding carboxylic acids is 1. The van der Waals surface area contributed by atoms with E-state index < -0.39 is 6.09 Å². The van der Waals surface area contributed by atoms with Crippen LogP contribution in [-0.2, 0) is 4.74 Å². The first-order chi connectivity index (χ1) is 6.18. The second-order valence-corrected chi connectivity index (χ2v) is 2.46. The molecule has 1 aromatic rings. The van der Waals surface area contributed by atoms with Crippen LogP contribution in [0, 0.1) is 0 Å². The molecule has 0 aliphatic carbocycles. The number of pyridine rings is 1. The molecule has 0 radical (unpaired) electrons. The van der Waals surface area contributed by atoms with Crippen molar-refractivity contribution in [3.05, 3.63) is 36.9 Å². The van der Waals surface area contributed by atoms with E-state index >= 15 is 0 Å². The molecular weight excluding hydrogens is 168 g/mol. The molecular formula is C9H12N2O2. The summed E-state index contributed by atoms with van der Waals surface area (Å²) in [5.74, 6) is 0.349. The lowest BCUT2D eigenvalue weighted by Gasteiger charge is -2.04. The number of hydrogen-bond acceptors (Lipinski definition) is 3. The van der Waals surface area contributed by atoms with Crippen LogP contribution in [0.25, 0.3) is 0 Å². The van der Waals surface area contributed by atoms with Crippen LogP contribution in [0.2, 0.25) is 0 Å². The van der Waals surface area contributed by atoms with E-state index in [-0.39, 0.29) is 1.43 Å². The molecule has 1 heterocycles. The van der Waals surface area contributed by atoms with Crippen LogP contribution >= 0.6 is 0 Å². The number of carbonyl (C=O) groups is 1. The van der Waals surface area contributed by atoms with Gasteiger partial charge in [-0.15, -0.1) is 0 Å². The Bertz CT molecular complexity index is 314. The van der Waals surface area contributed by atoms with Gasteiger partial charge in [0.15, 0.2) is 0 Å². The average molecular weight is 180 g/mol. The molecule has 4 heteroatoms. The standard InChI is InChI=1S/C9H10N2O2.H2/c1-7(2)13-9(12)11-8-4-3-5-10-6-8;/h3-6H,1H2,2H3,(H,11,12);1H. The highest BCUT2D eigenvalue weighted by Crippen LogP contribution is 2.04. The molecule has 13 heavy (non-hydrogen) atoms. The predicted molar refractivity (Wildman–Crippen MR) is 51.3 cm³/mol. The van der Waals surface area contributed by atoms with Gasteiger partial charge in [0.05, 0.1) is 17.6 Å². The molecule has 4 nitrogen and oxygen atoms in total. The fourth-order valence-electron chi connectivity index (χ4n) is 0.738. The zero-order valence-corrected chi connectivity index (χ0v) is 7.28. The van der Waals surface area contributed by atoms with E-state index in [0.29, 0.717) is 11.4 Å². The van der Waals surface area contributed by atoms with Gasteiger partial charge in [-0.05, 0) is 19.1 Å². The first kappa shape index (κ1) is 9.25. The van der Waals surface area contributed by atoms with E-state index in [1.54, 1.807) is 25.3 Å². The number of allylic oxidation sites excluding steroid dienone is 1. The number of nitrogens with zero attached hydrogens (tertiary/aromatic N) is 1. The van der Waals surface area contributed by atoms with Gasteiger partial charge in [-0.2, -0.15) is 0 Å². The predicted octanol–water partition coefficient (Wildman–Crippen LogP) is 2.41. The van der Waals surface area contributed by atoms with Gasteiger partial charge >= 0.3 is 6.09 Å². The first-order valence-electron chi connectivity index (χ1n) is 3.73. The molecule has 1 amide bonds. The fourth-order valence-corrected chi connectivity index (χ4v) is 0.738. The summed E-state index contributed by atoms with van der Waals surface area (Å²) in [6, 6.07) is 3.43. The SMILES string of the molecule is C=C(C)OC(=O)Nc1cccnc1.[HH]. The zero-order chi connectivity index (χ0) is 9.68. The summed E-state index contributed by atoms with van der Waals surface area (Å²) < 4.78 is 4.68. The molecule has 0 aromatic carbocycles. The normalized spacial score (nSPS) is 9.00. The van der Waals surface area contributed by atoms with Crippen molar-refractivity contribution in [2.75, 3.05) is 5.32 Å². The van der Waals surface area contributed by atoms with Gasteiger partial charge in [0.1, 0.15) is 0 Å². The summed E-state index contributed by atoms with van der Waals surface area (Å²) in [4.78, 5) is 14.8. The van der Waals surface area contributed by atoms with Crippen molar-refractivity contribution in [2.45, 2.75) is 6.92 Å². The van der Waals surface area contributed by atoms with Gasteiger partial charge in [-0.1, -0.05) is 6.58 Å². The molecule has 0 saturated heterocycles. The molecule has 0 spiro atoms. The first-order valence-corrected chi connectivity index (χ1v) is 3.73. The van der Waals surface area contributed by atoms with Crippen LogP contribution in [0.1, 0.15) is 8.35 Å². The Morgan fingerprint density at radius 1 is 1.77 bits per heavy atom. The number of aromatic nitrogens is 1. The van der Waals surface area contributed by atoms with E-state index in [4.69, 9.17) is 0 Å². The molecule has 1 aromatic heterocycles. The van der Waals surface area contributed by atoms with E-state index in [1.165, 1.54) is 6.20 Å². The Labute approximate surface area is 77.7 Å². The highest BCUT2D eigenvalue weighted by molar-refractivity contribution is 5.84. The van der Waals surface area contributed by atoms with Crippen LogP contribution < -0.4 is 5.32 Å². The van der Waals surface area contributed by atoms with Crippen molar-refractivity contribution in [1.29, 1.82) is 0 Å². The molecule has 0 bridgehead atoms. The third kappa shape index (κ3) is 3.37. The highest BCUT2D eigenvalue weighted by atomic mass is 16.6. The zero-order valence-electron chi connectivity index (χ0n) is 7.28. The van der Waals surface area contributed by atoms with Crippen LogP contribution in [0.5, 0.6) is 0 Å². The minimum Gasteiger partial charge on any atom is -0.416 e. The molecule has 0 atom stereocenters. The molecule has 0 unspecified atom stereocenters. The smallest absolute Gasteiger partial charge is 0.416 e. The Balaban J connectivity index is 0.00000169. The maximum absolute atomic E-state index is 11.0. The summed E-state index contributed by atoms with van der Waals surface area (Å²) in [6.07, 6.45) is 2.59. The molecule has 1 rings (SSSR count). The van der Waals surface area contributed by atoms with Crippen LogP contribution in [0.15, 0.2) is 36.9 Å². The minimum atomic E-state index is -0.555. The lowest BCUT2D eigenvalue weighted by Crippen LogP contribution is -2.12. The van der Waals surface area contributed by atoms with Crippen LogP contribution in [0.3, 0.4) is 0 Å². The molecule has 0 saturated carbocycles. The third-order valence-electron chi connectivity index (χ3n) is 1.17. The fraction of sp³-hybridized carbons (Fsp3) is 0.111. The Morgan fingerprint density at radius 2 is 2.54 bits per heavy atom. The lowest BCUT2D eigenvalue weighted by molar-refractivity contribution is 0.192. The maximum Gasteiger partial charge on any atom is 0.416 e. The quantitative estimate of drug-likeness (QED) is 0.711. The largest absolute Gasteiger partial charge is 0.416 e. The van der Waals surface area contributed by atoms with Gasteiger partial charge in [-0.3, -0.25) is 10.3 Å². The summed E-state index contributed by atoms with van der Waals surface area (Å²) in [6.45, 7) is 5.04. The Morgan fingerprint density at radius 3 is 3.08 bits per heavy atom. The van der Waals surface area contributed by atoms with Crippen molar-refractivity contribution < 1.29 is 11.0 Å². The second kappa shape index (κ2) is 4.25. The van der Waals surface area contributed by atoms with E-state index in [9.17, 15) is 4.79 Å². The van der Waals surface area contributed by atoms with E-state index in [1.807, 2.05) is 0 Å².